The molecule has 6 unspecified atom stereocenters. The lowest BCUT2D eigenvalue weighted by Gasteiger charge is -2.49. The number of nitrogens with zero attached hydrogens (tertiary/aromatic N) is 3. The number of ether oxygens (including phenoxy) is 8. The number of hydrogen-bond donors (Lipinski definition) is 4. The lowest BCUT2D eigenvalue weighted by atomic mass is 9.81. The molecule has 0 bridgehead atoms. The minimum Gasteiger partial charge on any atom is -0.469 e. The van der Waals surface area contributed by atoms with E-state index in [1.807, 2.05) is 105 Å². The first kappa shape index (κ1) is 46.9. The van der Waals surface area contributed by atoms with E-state index in [9.17, 15) is 24.9 Å². The molecule has 3 heterocycles. The van der Waals surface area contributed by atoms with E-state index in [-0.39, 0.29) is 38.1 Å². The normalized spacial score (nSPS) is 31.7. The summed E-state index contributed by atoms with van der Waals surface area (Å²) >= 11 is 0. The van der Waals surface area contributed by atoms with Gasteiger partial charge in [-0.25, -0.2) is 9.48 Å². The zero-order valence-electron chi connectivity index (χ0n) is 36.1. The van der Waals surface area contributed by atoms with Crippen molar-refractivity contribution in [1.29, 1.82) is 0 Å². The van der Waals surface area contributed by atoms with Gasteiger partial charge in [-0.15, -0.1) is 5.10 Å². The second-order valence-electron chi connectivity index (χ2n) is 16.3. The molecule has 1 aromatic heterocycles. The highest BCUT2D eigenvalue weighted by Crippen LogP contribution is 2.42. The fourth-order valence-electron chi connectivity index (χ4n) is 8.48. The summed E-state index contributed by atoms with van der Waals surface area (Å²) in [6.45, 7) is 7.21. The monoisotopic (exact) mass is 886 g/mol. The number of hydrogen-bond acceptors (Lipinski definition) is 15. The molecule has 0 spiro atoms. The van der Waals surface area contributed by atoms with Crippen LogP contribution in [0, 0.1) is 11.8 Å². The maximum atomic E-state index is 13.5. The van der Waals surface area contributed by atoms with Crippen LogP contribution in [0.4, 0.5) is 4.79 Å². The van der Waals surface area contributed by atoms with E-state index >= 15 is 0 Å². The SMILES string of the molecule is C=CCOC(=O)NC1C(O)[C@@H](O)[C@H](CO)O[C@H]1O[C@@H]1CC(C(=O)OC)CC(n2cc(-c3ccccc3)nn2)[C@H]1O[C@@H]1OC(C)[C@@H](C)[C@H](OCc2ccccc2)C1OCc1ccccc1. The van der Waals surface area contributed by atoms with Gasteiger partial charge in [0.2, 0.25) is 0 Å². The summed E-state index contributed by atoms with van der Waals surface area (Å²) in [6, 6.07) is 26.8. The van der Waals surface area contributed by atoms with Crippen molar-refractivity contribution in [1.82, 2.24) is 20.3 Å². The maximum Gasteiger partial charge on any atom is 0.407 e. The second kappa shape index (κ2) is 22.2. The third kappa shape index (κ3) is 11.2. The first-order valence-electron chi connectivity index (χ1n) is 21.6. The molecule has 1 amide bonds. The van der Waals surface area contributed by atoms with Crippen molar-refractivity contribution in [2.75, 3.05) is 20.3 Å². The number of aliphatic hydroxyl groups is 3. The van der Waals surface area contributed by atoms with Gasteiger partial charge in [-0.05, 0) is 30.9 Å². The minimum absolute atomic E-state index is 0.00611. The van der Waals surface area contributed by atoms with E-state index in [4.69, 9.17) is 37.9 Å². The van der Waals surface area contributed by atoms with E-state index in [1.165, 1.54) is 13.2 Å². The Morgan fingerprint density at radius 1 is 0.844 bits per heavy atom. The van der Waals surface area contributed by atoms with Crippen molar-refractivity contribution in [3.8, 4) is 11.3 Å². The summed E-state index contributed by atoms with van der Waals surface area (Å²) in [4.78, 5) is 26.5. The van der Waals surface area contributed by atoms with Crippen LogP contribution >= 0.6 is 0 Å². The van der Waals surface area contributed by atoms with Crippen molar-refractivity contribution in [3.63, 3.8) is 0 Å². The molecule has 4 aromatic rings. The van der Waals surface area contributed by atoms with Crippen LogP contribution < -0.4 is 5.32 Å². The number of methoxy groups -OCH3 is 1. The van der Waals surface area contributed by atoms with E-state index < -0.39 is 92.0 Å². The van der Waals surface area contributed by atoms with Crippen molar-refractivity contribution in [3.05, 3.63) is 121 Å². The zero-order chi connectivity index (χ0) is 45.2. The number of amides is 1. The molecule has 17 heteroatoms. The van der Waals surface area contributed by atoms with Crippen LogP contribution in [0.25, 0.3) is 11.3 Å². The summed E-state index contributed by atoms with van der Waals surface area (Å²) in [6.07, 6.45) is -8.73. The molecule has 3 aliphatic rings. The van der Waals surface area contributed by atoms with Crippen LogP contribution in [0.5, 0.6) is 0 Å². The summed E-state index contributed by atoms with van der Waals surface area (Å²) in [7, 11) is 1.30. The van der Waals surface area contributed by atoms with Crippen LogP contribution in [0.15, 0.2) is 110 Å². The highest BCUT2D eigenvalue weighted by atomic mass is 16.7. The summed E-state index contributed by atoms with van der Waals surface area (Å²) in [5.41, 5.74) is 3.26. The Morgan fingerprint density at radius 2 is 1.48 bits per heavy atom. The standard InChI is InChI=1S/C47H58N4O13/c1-5-21-58-47(56)48-38-40(54)39(53)37(25-52)63-45(38)62-36-23-33(44(55)57-4)22-35(51-24-34(49-50-51)32-19-13-8-14-20-32)42(36)64-46-43(60-27-31-17-11-7-12-18-31)41(28(2)29(3)61-46)59-26-30-15-9-6-10-16-30/h5-20,24,28-29,33,35-43,45-46,52-54H,1,21-23,25-27H2,2-4H3,(H,48,56)/t28-,29?,33?,35?,36-,37+,38?,39+,40?,41+,42-,43?,45-,46+/m1/s1. The molecule has 3 aromatic carbocycles. The molecule has 3 fully saturated rings. The quantitative estimate of drug-likeness (QED) is 0.0869. The Hall–Kier alpha value is -5.08. The topological polar surface area (TPSA) is 211 Å². The maximum absolute atomic E-state index is 13.5. The first-order valence-corrected chi connectivity index (χ1v) is 21.6. The molecule has 1 aliphatic carbocycles. The van der Waals surface area contributed by atoms with Crippen LogP contribution in [-0.2, 0) is 55.9 Å². The van der Waals surface area contributed by atoms with Crippen LogP contribution in [0.1, 0.15) is 43.9 Å². The number of rotatable bonds is 17. The van der Waals surface area contributed by atoms with Gasteiger partial charge in [0.25, 0.3) is 0 Å². The number of aliphatic hydroxyl groups excluding tert-OH is 3. The summed E-state index contributed by atoms with van der Waals surface area (Å²) < 4.78 is 52.2. The average Bonchev–Trinajstić information content (AvgIpc) is 3.82. The lowest BCUT2D eigenvalue weighted by Crippen LogP contribution is -2.66. The lowest BCUT2D eigenvalue weighted by molar-refractivity contribution is -0.339. The third-order valence-electron chi connectivity index (χ3n) is 12.1. The fourth-order valence-corrected chi connectivity index (χ4v) is 8.48. The number of alkyl carbamates (subject to hydrolysis) is 1. The molecule has 2 aliphatic heterocycles. The van der Waals surface area contributed by atoms with Crippen molar-refractivity contribution in [2.45, 2.75) is 113 Å². The van der Waals surface area contributed by atoms with E-state index in [0.717, 1.165) is 16.7 Å². The molecular weight excluding hydrogens is 829 g/mol. The Kier molecular flexibility index (Phi) is 16.3. The Bertz CT molecular complexity index is 2080. The zero-order valence-corrected chi connectivity index (χ0v) is 36.1. The van der Waals surface area contributed by atoms with E-state index in [0.29, 0.717) is 12.3 Å². The number of carbonyl (C=O) groups excluding carboxylic acids is 2. The van der Waals surface area contributed by atoms with Gasteiger partial charge in [-0.2, -0.15) is 0 Å². The predicted molar refractivity (Wildman–Crippen MR) is 229 cm³/mol. The minimum atomic E-state index is -1.69. The molecular formula is C47H58N4O13. The van der Waals surface area contributed by atoms with Gasteiger partial charge >= 0.3 is 12.1 Å². The van der Waals surface area contributed by atoms with Gasteiger partial charge in [0.1, 0.15) is 48.9 Å². The third-order valence-corrected chi connectivity index (χ3v) is 12.1. The molecule has 14 atom stereocenters. The van der Waals surface area contributed by atoms with Crippen LogP contribution in [0.2, 0.25) is 0 Å². The average molecular weight is 887 g/mol. The van der Waals surface area contributed by atoms with Gasteiger partial charge in [0.15, 0.2) is 12.6 Å². The number of carbonyl (C=O) groups is 2. The molecule has 0 radical (unpaired) electrons. The summed E-state index contributed by atoms with van der Waals surface area (Å²) in [5.74, 6) is -1.46. The molecule has 2 saturated heterocycles. The van der Waals surface area contributed by atoms with Crippen LogP contribution in [0.3, 0.4) is 0 Å². The number of aromatic nitrogens is 3. The molecule has 17 nitrogen and oxygen atoms in total. The highest BCUT2D eigenvalue weighted by molar-refractivity contribution is 5.72. The largest absolute Gasteiger partial charge is 0.469 e. The molecule has 4 N–H and O–H groups in total. The Morgan fingerprint density at radius 3 is 2.11 bits per heavy atom. The number of nitrogens with one attached hydrogen (secondary N) is 1. The van der Waals surface area contributed by atoms with Gasteiger partial charge in [0, 0.05) is 11.5 Å². The molecule has 1 saturated carbocycles. The molecule has 64 heavy (non-hydrogen) atoms. The summed E-state index contributed by atoms with van der Waals surface area (Å²) in [5, 5.41) is 44.1. The van der Waals surface area contributed by atoms with Gasteiger partial charge in [0.05, 0.1) is 63.4 Å². The van der Waals surface area contributed by atoms with Gasteiger partial charge in [-0.3, -0.25) is 4.79 Å². The fraction of sp³-hybridized carbons (Fsp3) is 0.489. The van der Waals surface area contributed by atoms with Crippen molar-refractivity contribution < 1.29 is 62.8 Å². The molecule has 7 rings (SSSR count). The van der Waals surface area contributed by atoms with Crippen molar-refractivity contribution >= 4 is 12.1 Å². The highest BCUT2D eigenvalue weighted by Gasteiger charge is 2.53. The van der Waals surface area contributed by atoms with E-state index in [1.54, 1.807) is 10.9 Å². The van der Waals surface area contributed by atoms with Gasteiger partial charge in [-0.1, -0.05) is 116 Å². The Balaban J connectivity index is 1.29. The van der Waals surface area contributed by atoms with Crippen LogP contribution in [-0.4, -0.2) is 130 Å². The molecule has 344 valence electrons. The smallest absolute Gasteiger partial charge is 0.407 e. The second-order valence-corrected chi connectivity index (χ2v) is 16.3. The van der Waals surface area contributed by atoms with E-state index in [2.05, 4.69) is 22.2 Å². The van der Waals surface area contributed by atoms with Crippen molar-refractivity contribution in [2.24, 2.45) is 11.8 Å². The first-order chi connectivity index (χ1) is 31.1. The number of esters is 1. The number of benzene rings is 3. The predicted octanol–water partition coefficient (Wildman–Crippen LogP) is 4.11. The van der Waals surface area contributed by atoms with Gasteiger partial charge < -0.3 is 58.5 Å². The Labute approximate surface area is 372 Å².